The van der Waals surface area contributed by atoms with Crippen molar-refractivity contribution in [3.05, 3.63) is 77.5 Å². The summed E-state index contributed by atoms with van der Waals surface area (Å²) in [7, 11) is 0. The topological polar surface area (TPSA) is 58.9 Å². The van der Waals surface area contributed by atoms with E-state index in [1.165, 1.54) is 0 Å². The second kappa shape index (κ2) is 6.10. The summed E-state index contributed by atoms with van der Waals surface area (Å²) >= 11 is 0. The van der Waals surface area contributed by atoms with Crippen LogP contribution in [0.3, 0.4) is 0 Å². The quantitative estimate of drug-likeness (QED) is 0.696. The minimum atomic E-state index is -0.485. The van der Waals surface area contributed by atoms with Crippen molar-refractivity contribution in [2.75, 3.05) is 0 Å². The maximum absolute atomic E-state index is 11.8. The van der Waals surface area contributed by atoms with Gasteiger partial charge in [-0.2, -0.15) is 0 Å². The molecule has 4 nitrogen and oxygen atoms in total. The molecular formula is C18H13NO3. The van der Waals surface area contributed by atoms with Crippen LogP contribution in [0.4, 0.5) is 0 Å². The van der Waals surface area contributed by atoms with Gasteiger partial charge in [0.15, 0.2) is 5.70 Å². The van der Waals surface area contributed by atoms with Crippen LogP contribution in [0.2, 0.25) is 0 Å². The van der Waals surface area contributed by atoms with E-state index < -0.39 is 5.97 Å². The fourth-order valence-corrected chi connectivity index (χ4v) is 1.96. The molecule has 1 aliphatic rings. The van der Waals surface area contributed by atoms with Crippen molar-refractivity contribution in [1.82, 2.24) is 0 Å². The molecule has 3 rings (SSSR count). The van der Waals surface area contributed by atoms with Gasteiger partial charge in [-0.15, -0.1) is 0 Å². The highest BCUT2D eigenvalue weighted by Gasteiger charge is 2.20. The first kappa shape index (κ1) is 13.8. The van der Waals surface area contributed by atoms with E-state index in [4.69, 9.17) is 4.74 Å². The van der Waals surface area contributed by atoms with Crippen LogP contribution in [-0.2, 0) is 9.53 Å². The third-order valence-corrected chi connectivity index (χ3v) is 3.05. The molecule has 4 heteroatoms. The Kier molecular flexibility index (Phi) is 3.83. The number of hydrogen-bond donors (Lipinski definition) is 1. The molecule has 1 N–H and O–H groups in total. The number of ether oxygens (including phenoxy) is 1. The molecule has 0 unspecified atom stereocenters. The van der Waals surface area contributed by atoms with Gasteiger partial charge in [-0.3, -0.25) is 0 Å². The summed E-state index contributed by atoms with van der Waals surface area (Å²) in [6, 6.07) is 16.2. The maximum atomic E-state index is 11.8. The SMILES string of the molecule is O=C1OC(/C=C/c2ccccc2)=NC/1=C/c1ccc(O)cc1. The predicted octanol–water partition coefficient (Wildman–Crippen LogP) is 3.40. The molecule has 2 aromatic carbocycles. The van der Waals surface area contributed by atoms with E-state index in [9.17, 15) is 9.90 Å². The van der Waals surface area contributed by atoms with Gasteiger partial charge in [-0.1, -0.05) is 42.5 Å². The number of cyclic esters (lactones) is 1. The van der Waals surface area contributed by atoms with E-state index in [2.05, 4.69) is 4.99 Å². The Morgan fingerprint density at radius 2 is 1.64 bits per heavy atom. The Labute approximate surface area is 127 Å². The molecule has 1 heterocycles. The van der Waals surface area contributed by atoms with Crippen molar-refractivity contribution < 1.29 is 14.6 Å². The number of aromatic hydroxyl groups is 1. The van der Waals surface area contributed by atoms with E-state index in [0.29, 0.717) is 0 Å². The summed E-state index contributed by atoms with van der Waals surface area (Å²) in [6.07, 6.45) is 5.10. The normalized spacial score (nSPS) is 16.1. The van der Waals surface area contributed by atoms with Crippen LogP contribution in [0.15, 0.2) is 71.4 Å². The van der Waals surface area contributed by atoms with E-state index in [1.54, 1.807) is 36.4 Å². The smallest absolute Gasteiger partial charge is 0.363 e. The Balaban J connectivity index is 1.79. The number of phenolic OH excluding ortho intramolecular Hbond substituents is 1. The first-order chi connectivity index (χ1) is 10.7. The van der Waals surface area contributed by atoms with Gasteiger partial charge in [-0.05, 0) is 35.4 Å². The average Bonchev–Trinajstić information content (AvgIpc) is 2.89. The maximum Gasteiger partial charge on any atom is 0.363 e. The Bertz CT molecular complexity index is 772. The molecule has 0 aromatic heterocycles. The Hall–Kier alpha value is -3.14. The van der Waals surface area contributed by atoms with Crippen LogP contribution < -0.4 is 0 Å². The van der Waals surface area contributed by atoms with Crippen LogP contribution in [0, 0.1) is 0 Å². The zero-order valence-corrected chi connectivity index (χ0v) is 11.6. The van der Waals surface area contributed by atoms with E-state index in [1.807, 2.05) is 36.4 Å². The van der Waals surface area contributed by atoms with E-state index in [-0.39, 0.29) is 17.3 Å². The van der Waals surface area contributed by atoms with Gasteiger partial charge in [0, 0.05) is 6.08 Å². The largest absolute Gasteiger partial charge is 0.508 e. The first-order valence-corrected chi connectivity index (χ1v) is 6.75. The number of rotatable bonds is 3. The zero-order chi connectivity index (χ0) is 15.4. The van der Waals surface area contributed by atoms with Crippen molar-refractivity contribution in [3.8, 4) is 5.75 Å². The highest BCUT2D eigenvalue weighted by molar-refractivity contribution is 6.11. The van der Waals surface area contributed by atoms with Crippen LogP contribution in [-0.4, -0.2) is 17.0 Å². The molecule has 22 heavy (non-hydrogen) atoms. The van der Waals surface area contributed by atoms with Crippen molar-refractivity contribution in [1.29, 1.82) is 0 Å². The van der Waals surface area contributed by atoms with Crippen molar-refractivity contribution >= 4 is 24.0 Å². The van der Waals surface area contributed by atoms with E-state index >= 15 is 0 Å². The second-order valence-corrected chi connectivity index (χ2v) is 4.70. The second-order valence-electron chi connectivity index (χ2n) is 4.70. The number of benzene rings is 2. The molecule has 0 saturated heterocycles. The van der Waals surface area contributed by atoms with Crippen LogP contribution >= 0.6 is 0 Å². The van der Waals surface area contributed by atoms with Crippen molar-refractivity contribution in [2.24, 2.45) is 4.99 Å². The first-order valence-electron chi connectivity index (χ1n) is 6.75. The summed E-state index contributed by atoms with van der Waals surface area (Å²) in [6.45, 7) is 0. The highest BCUT2D eigenvalue weighted by atomic mass is 16.6. The zero-order valence-electron chi connectivity index (χ0n) is 11.6. The molecule has 108 valence electrons. The van der Waals surface area contributed by atoms with Crippen molar-refractivity contribution in [2.45, 2.75) is 0 Å². The van der Waals surface area contributed by atoms with Crippen LogP contribution in [0.1, 0.15) is 11.1 Å². The summed E-state index contributed by atoms with van der Waals surface area (Å²) in [5.74, 6) is -0.0502. The average molecular weight is 291 g/mol. The van der Waals surface area contributed by atoms with Gasteiger partial charge < -0.3 is 9.84 Å². The third kappa shape index (κ3) is 3.30. The number of hydrogen-bond acceptors (Lipinski definition) is 4. The predicted molar refractivity (Wildman–Crippen MR) is 85.1 cm³/mol. The van der Waals surface area contributed by atoms with E-state index in [0.717, 1.165) is 11.1 Å². The molecule has 0 bridgehead atoms. The Morgan fingerprint density at radius 1 is 0.909 bits per heavy atom. The van der Waals surface area contributed by atoms with Gasteiger partial charge in [0.25, 0.3) is 0 Å². The molecule has 1 aliphatic heterocycles. The molecule has 0 saturated carbocycles. The number of phenols is 1. The standard InChI is InChI=1S/C18H13NO3/c20-15-9-6-14(7-10-15)12-16-18(21)22-17(19-16)11-8-13-4-2-1-3-5-13/h1-12,20H/b11-8+,16-12+. The monoisotopic (exact) mass is 291 g/mol. The number of carbonyl (C=O) groups excluding carboxylic acids is 1. The molecule has 0 spiro atoms. The fraction of sp³-hybridized carbons (Fsp3) is 0. The highest BCUT2D eigenvalue weighted by Crippen LogP contribution is 2.18. The summed E-state index contributed by atoms with van der Waals surface area (Å²) < 4.78 is 5.10. The molecule has 0 aliphatic carbocycles. The fourth-order valence-electron chi connectivity index (χ4n) is 1.96. The van der Waals surface area contributed by atoms with Crippen molar-refractivity contribution in [3.63, 3.8) is 0 Å². The minimum Gasteiger partial charge on any atom is -0.508 e. The number of nitrogens with zero attached hydrogens (tertiary/aromatic N) is 1. The summed E-state index contributed by atoms with van der Waals surface area (Å²) in [5, 5.41) is 9.24. The van der Waals surface area contributed by atoms with Gasteiger partial charge in [-0.25, -0.2) is 9.79 Å². The summed E-state index contributed by atoms with van der Waals surface area (Å²) in [5.41, 5.74) is 2.00. The van der Waals surface area contributed by atoms with Crippen LogP contribution in [0.5, 0.6) is 5.75 Å². The number of aliphatic imine (C=N–C) groups is 1. The lowest BCUT2D eigenvalue weighted by Gasteiger charge is -1.94. The number of carbonyl (C=O) groups is 1. The minimum absolute atomic E-state index is 0.172. The summed E-state index contributed by atoms with van der Waals surface area (Å²) in [4.78, 5) is 15.9. The van der Waals surface area contributed by atoms with Gasteiger partial charge in [0.05, 0.1) is 0 Å². The molecule has 0 fully saturated rings. The van der Waals surface area contributed by atoms with Gasteiger partial charge in [0.1, 0.15) is 5.75 Å². The van der Waals surface area contributed by atoms with Gasteiger partial charge >= 0.3 is 5.97 Å². The lowest BCUT2D eigenvalue weighted by Crippen LogP contribution is -2.01. The lowest BCUT2D eigenvalue weighted by molar-refractivity contribution is -0.129. The molecule has 0 amide bonds. The molecule has 2 aromatic rings. The van der Waals surface area contributed by atoms with Crippen LogP contribution in [0.25, 0.3) is 12.2 Å². The molecule has 0 atom stereocenters. The molecular weight excluding hydrogens is 278 g/mol. The molecule has 0 radical (unpaired) electrons. The Morgan fingerprint density at radius 3 is 2.36 bits per heavy atom. The lowest BCUT2D eigenvalue weighted by atomic mass is 10.2. The number of esters is 1. The third-order valence-electron chi connectivity index (χ3n) is 3.05. The van der Waals surface area contributed by atoms with Gasteiger partial charge in [0.2, 0.25) is 5.90 Å².